The van der Waals surface area contributed by atoms with Crippen molar-refractivity contribution in [1.82, 2.24) is 10.3 Å². The number of nitriles is 1. The number of oxazole rings is 1. The Morgan fingerprint density at radius 3 is 2.48 bits per heavy atom. The number of rotatable bonds is 6. The van der Waals surface area contributed by atoms with E-state index in [4.69, 9.17) is 14.4 Å². The second-order valence-electron chi connectivity index (χ2n) is 10.7. The number of methoxy groups -OCH3 is 1. The van der Waals surface area contributed by atoms with E-state index in [0.717, 1.165) is 91.4 Å². The smallest absolute Gasteiger partial charge is 0.226 e. The molecule has 40 heavy (non-hydrogen) atoms. The molecule has 0 radical (unpaired) electrons. The van der Waals surface area contributed by atoms with Crippen molar-refractivity contribution in [1.29, 1.82) is 5.26 Å². The maximum atomic E-state index is 11.8. The molecule has 210 valence electrons. The summed E-state index contributed by atoms with van der Waals surface area (Å²) in [4.78, 5) is 18.6. The van der Waals surface area contributed by atoms with E-state index in [2.05, 4.69) is 33.4 Å². The van der Waals surface area contributed by atoms with Crippen LogP contribution in [-0.4, -0.2) is 52.3 Å². The number of amides is 1. The van der Waals surface area contributed by atoms with Gasteiger partial charge >= 0.3 is 0 Å². The van der Waals surface area contributed by atoms with E-state index in [1.807, 2.05) is 36.4 Å². The van der Waals surface area contributed by atoms with Crippen molar-refractivity contribution in [3.8, 4) is 34.5 Å². The minimum atomic E-state index is -0.660. The number of hydrogen-bond acceptors (Lipinski definition) is 7. The molecule has 0 bridgehead atoms. The number of carbonyl (C=O) groups excluding carboxylic acids is 1. The van der Waals surface area contributed by atoms with Crippen molar-refractivity contribution < 1.29 is 18.2 Å². The van der Waals surface area contributed by atoms with Gasteiger partial charge < -0.3 is 19.4 Å². The van der Waals surface area contributed by atoms with Crippen LogP contribution in [0.3, 0.4) is 0 Å². The maximum Gasteiger partial charge on any atom is 0.226 e. The van der Waals surface area contributed by atoms with Crippen molar-refractivity contribution in [2.45, 2.75) is 50.5 Å². The standard InChI is InChI=1S/C20H20N2O3S.C11H16N2O/c1-24-18-4-2-3-16(13-18)20-21-19(14-25-20)15-5-7-17(8-6-15)22-9-11-26(23)12-10-22;12-8-11(6-7-11)13-10(14)9-4-2-1-3-5-9/h2-8,13-14H,9-12H2,1H3;9H,1-7H2,(H,13,14). The van der Waals surface area contributed by atoms with Gasteiger partial charge in [-0.05, 0) is 56.0 Å². The van der Waals surface area contributed by atoms with Crippen LogP contribution in [0.15, 0.2) is 59.2 Å². The molecular formula is C31H36N4O4S. The van der Waals surface area contributed by atoms with Crippen molar-refractivity contribution in [2.75, 3.05) is 36.6 Å². The SMILES string of the molecule is COc1cccc(-c2nc(-c3ccc(N4CCS(=O)CC4)cc3)co2)c1.N#CC1(NC(=O)C2CCCCC2)CC1. The van der Waals surface area contributed by atoms with Crippen molar-refractivity contribution >= 4 is 22.4 Å². The van der Waals surface area contributed by atoms with Gasteiger partial charge in [-0.25, -0.2) is 4.98 Å². The predicted octanol–water partition coefficient (Wildman–Crippen LogP) is 5.32. The number of benzene rings is 2. The molecule has 1 amide bonds. The maximum absolute atomic E-state index is 11.8. The molecule has 1 aromatic heterocycles. The number of nitrogens with zero attached hydrogens (tertiary/aromatic N) is 3. The van der Waals surface area contributed by atoms with Crippen LogP contribution in [0.5, 0.6) is 5.75 Å². The number of carbonyl (C=O) groups is 1. The normalized spacial score (nSPS) is 18.6. The zero-order valence-corrected chi connectivity index (χ0v) is 23.8. The van der Waals surface area contributed by atoms with Crippen LogP contribution in [0.1, 0.15) is 44.9 Å². The summed E-state index contributed by atoms with van der Waals surface area (Å²) in [6, 6.07) is 18.1. The highest BCUT2D eigenvalue weighted by atomic mass is 32.2. The molecule has 1 aliphatic heterocycles. The molecule has 2 aliphatic carbocycles. The average molecular weight is 561 g/mol. The summed E-state index contributed by atoms with van der Waals surface area (Å²) in [5.74, 6) is 3.12. The molecule has 0 spiro atoms. The Labute approximate surface area is 238 Å². The van der Waals surface area contributed by atoms with E-state index >= 15 is 0 Å². The number of hydrogen-bond donors (Lipinski definition) is 1. The molecule has 1 N–H and O–H groups in total. The van der Waals surface area contributed by atoms with Gasteiger partial charge in [0.2, 0.25) is 11.8 Å². The predicted molar refractivity (Wildman–Crippen MR) is 156 cm³/mol. The summed E-state index contributed by atoms with van der Waals surface area (Å²) >= 11 is 0. The summed E-state index contributed by atoms with van der Waals surface area (Å²) in [6.07, 6.45) is 8.95. The Morgan fingerprint density at radius 1 is 1.10 bits per heavy atom. The average Bonchev–Trinajstić information content (AvgIpc) is 3.61. The van der Waals surface area contributed by atoms with Crippen LogP contribution < -0.4 is 15.0 Å². The minimum absolute atomic E-state index is 0.115. The molecule has 6 rings (SSSR count). The van der Waals surface area contributed by atoms with Crippen LogP contribution in [0.2, 0.25) is 0 Å². The van der Waals surface area contributed by atoms with Gasteiger partial charge in [-0.1, -0.05) is 37.5 Å². The zero-order chi connectivity index (χ0) is 28.0. The highest BCUT2D eigenvalue weighted by Crippen LogP contribution is 2.35. The van der Waals surface area contributed by atoms with Gasteiger partial charge in [-0.3, -0.25) is 9.00 Å². The fourth-order valence-electron chi connectivity index (χ4n) is 5.13. The third-order valence-electron chi connectivity index (χ3n) is 7.83. The molecular weight excluding hydrogens is 524 g/mol. The first-order chi connectivity index (χ1) is 19.5. The molecule has 2 heterocycles. The lowest BCUT2D eigenvalue weighted by Gasteiger charge is -2.28. The Kier molecular flexibility index (Phi) is 8.85. The highest BCUT2D eigenvalue weighted by molar-refractivity contribution is 7.85. The van der Waals surface area contributed by atoms with Gasteiger partial charge in [0.05, 0.1) is 13.2 Å². The van der Waals surface area contributed by atoms with Crippen LogP contribution in [0, 0.1) is 17.2 Å². The van der Waals surface area contributed by atoms with E-state index in [1.165, 1.54) is 6.42 Å². The lowest BCUT2D eigenvalue weighted by Crippen LogP contribution is -2.40. The minimum Gasteiger partial charge on any atom is -0.497 e. The third-order valence-corrected chi connectivity index (χ3v) is 9.11. The molecule has 3 fully saturated rings. The molecule has 2 aromatic carbocycles. The Morgan fingerprint density at radius 2 is 1.82 bits per heavy atom. The number of ether oxygens (including phenoxy) is 1. The Balaban J connectivity index is 0.000000194. The topological polar surface area (TPSA) is 108 Å². The molecule has 0 atom stereocenters. The van der Waals surface area contributed by atoms with E-state index in [-0.39, 0.29) is 11.8 Å². The first-order valence-electron chi connectivity index (χ1n) is 14.0. The van der Waals surface area contributed by atoms with Crippen LogP contribution >= 0.6 is 0 Å². The first-order valence-corrected chi connectivity index (χ1v) is 15.5. The third kappa shape index (κ3) is 6.92. The second kappa shape index (κ2) is 12.7. The molecule has 3 aliphatic rings. The lowest BCUT2D eigenvalue weighted by atomic mass is 9.88. The fourth-order valence-corrected chi connectivity index (χ4v) is 6.18. The number of nitrogens with one attached hydrogen (secondary N) is 1. The highest BCUT2D eigenvalue weighted by Gasteiger charge is 2.45. The van der Waals surface area contributed by atoms with E-state index < -0.39 is 16.3 Å². The summed E-state index contributed by atoms with van der Waals surface area (Å²) < 4.78 is 22.4. The van der Waals surface area contributed by atoms with Gasteiger partial charge in [0.25, 0.3) is 0 Å². The number of anilines is 1. The van der Waals surface area contributed by atoms with Crippen LogP contribution in [-0.2, 0) is 15.6 Å². The first kappa shape index (κ1) is 27.9. The van der Waals surface area contributed by atoms with Crippen molar-refractivity contribution in [3.63, 3.8) is 0 Å². The zero-order valence-electron chi connectivity index (χ0n) is 22.9. The molecule has 8 nitrogen and oxygen atoms in total. The summed E-state index contributed by atoms with van der Waals surface area (Å²) in [6.45, 7) is 1.69. The van der Waals surface area contributed by atoms with Crippen molar-refractivity contribution in [2.24, 2.45) is 5.92 Å². The molecule has 3 aromatic rings. The van der Waals surface area contributed by atoms with Gasteiger partial charge in [0, 0.05) is 58.1 Å². The molecule has 9 heteroatoms. The second-order valence-corrected chi connectivity index (χ2v) is 12.4. The fraction of sp³-hybridized carbons (Fsp3) is 0.452. The summed E-state index contributed by atoms with van der Waals surface area (Å²) in [5, 5.41) is 11.7. The largest absolute Gasteiger partial charge is 0.497 e. The molecule has 2 saturated carbocycles. The van der Waals surface area contributed by atoms with E-state index in [1.54, 1.807) is 13.4 Å². The van der Waals surface area contributed by atoms with Crippen LogP contribution in [0.4, 0.5) is 5.69 Å². The van der Waals surface area contributed by atoms with Crippen molar-refractivity contribution in [3.05, 3.63) is 54.8 Å². The molecule has 1 saturated heterocycles. The molecule has 0 unspecified atom stereocenters. The Hall–Kier alpha value is -3.64. The quantitative estimate of drug-likeness (QED) is 0.434. The van der Waals surface area contributed by atoms with Gasteiger partial charge in [-0.15, -0.1) is 0 Å². The van der Waals surface area contributed by atoms with Crippen LogP contribution in [0.25, 0.3) is 22.7 Å². The van der Waals surface area contributed by atoms with Gasteiger partial charge in [0.15, 0.2) is 0 Å². The monoisotopic (exact) mass is 560 g/mol. The number of aromatic nitrogens is 1. The lowest BCUT2D eigenvalue weighted by molar-refractivity contribution is -0.126. The summed E-state index contributed by atoms with van der Waals surface area (Å²) in [7, 11) is 0.981. The van der Waals surface area contributed by atoms with Gasteiger partial charge in [0.1, 0.15) is 23.2 Å². The van der Waals surface area contributed by atoms with E-state index in [9.17, 15) is 9.00 Å². The van der Waals surface area contributed by atoms with Gasteiger partial charge in [-0.2, -0.15) is 5.26 Å². The Bertz CT molecular complexity index is 1360. The summed E-state index contributed by atoms with van der Waals surface area (Å²) in [5.41, 5.74) is 3.37. The van der Waals surface area contributed by atoms with E-state index in [0.29, 0.717) is 5.89 Å².